The molecule has 0 aliphatic heterocycles. The van der Waals surface area contributed by atoms with Crippen molar-refractivity contribution in [2.45, 2.75) is 25.7 Å². The quantitative estimate of drug-likeness (QED) is 0.814. The second-order valence-corrected chi connectivity index (χ2v) is 3.56. The monoisotopic (exact) mass is 265 g/mol. The average molecular weight is 265 g/mol. The van der Waals surface area contributed by atoms with Crippen molar-refractivity contribution in [2.75, 3.05) is 13.7 Å². The predicted octanol–water partition coefficient (Wildman–Crippen LogP) is 1.27. The molecule has 1 N–H and O–H groups in total. The lowest BCUT2D eigenvalue weighted by Gasteiger charge is -2.18. The Kier molecular flexibility index (Phi) is 4.71. The third-order valence-corrected chi connectivity index (χ3v) is 2.32. The van der Waals surface area contributed by atoms with E-state index in [-0.39, 0.29) is 0 Å². The van der Waals surface area contributed by atoms with Crippen LogP contribution < -0.4 is 5.32 Å². The highest BCUT2D eigenvalue weighted by atomic mass is 19.4. The first kappa shape index (κ1) is 14.5. The Morgan fingerprint density at radius 2 is 2.28 bits per heavy atom. The molecule has 1 unspecified atom stereocenters. The zero-order valence-electron chi connectivity index (χ0n) is 9.99. The molecule has 0 aromatic carbocycles. The summed E-state index contributed by atoms with van der Waals surface area (Å²) in [4.78, 5) is 15.3. The van der Waals surface area contributed by atoms with Crippen LogP contribution in [0, 0.1) is 0 Å². The Morgan fingerprint density at radius 3 is 2.78 bits per heavy atom. The maximum absolute atomic E-state index is 12.2. The highest BCUT2D eigenvalue weighted by molar-refractivity contribution is 5.76. The molecular weight excluding hydrogens is 251 g/mol. The van der Waals surface area contributed by atoms with Gasteiger partial charge in [-0.15, -0.1) is 0 Å². The Hall–Kier alpha value is -1.57. The molecule has 0 aliphatic rings. The van der Waals surface area contributed by atoms with E-state index >= 15 is 0 Å². The number of esters is 1. The second-order valence-electron chi connectivity index (χ2n) is 3.56. The van der Waals surface area contributed by atoms with E-state index in [1.54, 1.807) is 11.5 Å². The van der Waals surface area contributed by atoms with Crippen LogP contribution in [0.15, 0.2) is 12.5 Å². The number of aromatic nitrogens is 2. The number of halogens is 3. The van der Waals surface area contributed by atoms with Gasteiger partial charge in [-0.05, 0) is 6.92 Å². The van der Waals surface area contributed by atoms with Crippen LogP contribution in [-0.4, -0.2) is 35.4 Å². The molecule has 1 heterocycles. The molecule has 1 rings (SSSR count). The summed E-state index contributed by atoms with van der Waals surface area (Å²) in [7, 11) is 1.12. The first-order valence-electron chi connectivity index (χ1n) is 5.27. The van der Waals surface area contributed by atoms with Crippen LogP contribution in [0.5, 0.6) is 0 Å². The van der Waals surface area contributed by atoms with Crippen LogP contribution in [-0.2, 0) is 16.1 Å². The number of nitrogens with zero attached hydrogens (tertiary/aromatic N) is 2. The standard InChI is InChI=1S/C10H14F3N3O2/c1-3-16-6-14-4-7(16)8(9(17)18-2)15-5-10(11,12)13/h4,6,8,15H,3,5H2,1-2H3. The Labute approximate surface area is 102 Å². The Bertz CT molecular complexity index is 403. The molecule has 0 fully saturated rings. The maximum atomic E-state index is 12.2. The van der Waals surface area contributed by atoms with E-state index in [1.165, 1.54) is 12.5 Å². The fourth-order valence-corrected chi connectivity index (χ4v) is 1.48. The number of carbonyl (C=O) groups excluding carboxylic acids is 1. The fraction of sp³-hybridized carbons (Fsp3) is 0.600. The Balaban J connectivity index is 2.89. The minimum atomic E-state index is -4.40. The van der Waals surface area contributed by atoms with Crippen molar-refractivity contribution in [3.05, 3.63) is 18.2 Å². The molecule has 18 heavy (non-hydrogen) atoms. The number of ether oxygens (including phenoxy) is 1. The van der Waals surface area contributed by atoms with Gasteiger partial charge >= 0.3 is 12.1 Å². The van der Waals surface area contributed by atoms with Crippen LogP contribution >= 0.6 is 0 Å². The molecule has 1 atom stereocenters. The number of aryl methyl sites for hydroxylation is 1. The van der Waals surface area contributed by atoms with Gasteiger partial charge in [0.05, 0.1) is 31.9 Å². The van der Waals surface area contributed by atoms with Crippen LogP contribution in [0.2, 0.25) is 0 Å². The van der Waals surface area contributed by atoms with Crippen molar-refractivity contribution in [2.24, 2.45) is 0 Å². The molecule has 0 spiro atoms. The number of rotatable bonds is 5. The van der Waals surface area contributed by atoms with Gasteiger partial charge in [0, 0.05) is 6.54 Å². The summed E-state index contributed by atoms with van der Waals surface area (Å²) in [5.41, 5.74) is 0.341. The van der Waals surface area contributed by atoms with E-state index in [0.717, 1.165) is 7.11 Å². The van der Waals surface area contributed by atoms with Crippen molar-refractivity contribution in [1.29, 1.82) is 0 Å². The molecular formula is C10H14F3N3O2. The molecule has 0 saturated carbocycles. The normalized spacial score (nSPS) is 13.4. The topological polar surface area (TPSA) is 56.2 Å². The summed E-state index contributed by atoms with van der Waals surface area (Å²) < 4.78 is 42.6. The van der Waals surface area contributed by atoms with Gasteiger partial charge in [-0.1, -0.05) is 0 Å². The van der Waals surface area contributed by atoms with E-state index in [1.807, 2.05) is 0 Å². The van der Waals surface area contributed by atoms with Gasteiger partial charge in [0.1, 0.15) is 6.04 Å². The lowest BCUT2D eigenvalue weighted by molar-refractivity contribution is -0.147. The minimum absolute atomic E-state index is 0.341. The summed E-state index contributed by atoms with van der Waals surface area (Å²) in [6, 6.07) is -1.18. The highest BCUT2D eigenvalue weighted by Crippen LogP contribution is 2.18. The van der Waals surface area contributed by atoms with Gasteiger partial charge in [0.2, 0.25) is 0 Å². The van der Waals surface area contributed by atoms with Gasteiger partial charge in [0.25, 0.3) is 0 Å². The minimum Gasteiger partial charge on any atom is -0.468 e. The lowest BCUT2D eigenvalue weighted by atomic mass is 10.2. The third kappa shape index (κ3) is 3.73. The summed E-state index contributed by atoms with van der Waals surface area (Å²) >= 11 is 0. The van der Waals surface area contributed by atoms with Gasteiger partial charge in [0.15, 0.2) is 0 Å². The number of methoxy groups -OCH3 is 1. The first-order valence-corrected chi connectivity index (χ1v) is 5.27. The number of hydrogen-bond acceptors (Lipinski definition) is 4. The SMILES string of the molecule is CCn1cncc1C(NCC(F)(F)F)C(=O)OC. The summed E-state index contributed by atoms with van der Waals surface area (Å²) in [6.07, 6.45) is -1.61. The first-order chi connectivity index (χ1) is 8.39. The molecule has 0 saturated heterocycles. The summed E-state index contributed by atoms with van der Waals surface area (Å²) in [5, 5.41) is 2.13. The molecule has 0 radical (unpaired) electrons. The summed E-state index contributed by atoms with van der Waals surface area (Å²) in [6.45, 7) is 1.02. The van der Waals surface area contributed by atoms with E-state index in [9.17, 15) is 18.0 Å². The third-order valence-electron chi connectivity index (χ3n) is 2.32. The maximum Gasteiger partial charge on any atom is 0.401 e. The van der Waals surface area contributed by atoms with Crippen molar-refractivity contribution < 1.29 is 22.7 Å². The number of hydrogen-bond donors (Lipinski definition) is 1. The Morgan fingerprint density at radius 1 is 1.61 bits per heavy atom. The summed E-state index contributed by atoms with van der Waals surface area (Å²) in [5.74, 6) is -0.783. The number of alkyl halides is 3. The van der Waals surface area contributed by atoms with E-state index in [0.29, 0.717) is 12.2 Å². The van der Waals surface area contributed by atoms with Crippen molar-refractivity contribution in [3.8, 4) is 0 Å². The van der Waals surface area contributed by atoms with Crippen molar-refractivity contribution in [3.63, 3.8) is 0 Å². The molecule has 0 bridgehead atoms. The van der Waals surface area contributed by atoms with Crippen LogP contribution in [0.1, 0.15) is 18.7 Å². The zero-order valence-corrected chi connectivity index (χ0v) is 9.99. The van der Waals surface area contributed by atoms with Crippen molar-refractivity contribution >= 4 is 5.97 Å². The van der Waals surface area contributed by atoms with Crippen LogP contribution in [0.25, 0.3) is 0 Å². The molecule has 1 aromatic heterocycles. The largest absolute Gasteiger partial charge is 0.468 e. The molecule has 0 amide bonds. The van der Waals surface area contributed by atoms with Gasteiger partial charge in [-0.3, -0.25) is 5.32 Å². The van der Waals surface area contributed by atoms with Crippen molar-refractivity contribution in [1.82, 2.24) is 14.9 Å². The second kappa shape index (κ2) is 5.85. The molecule has 8 heteroatoms. The number of carbonyl (C=O) groups is 1. The number of imidazole rings is 1. The number of nitrogens with one attached hydrogen (secondary N) is 1. The molecule has 102 valence electrons. The van der Waals surface area contributed by atoms with Crippen LogP contribution in [0.3, 0.4) is 0 Å². The average Bonchev–Trinajstić information content (AvgIpc) is 2.75. The molecule has 0 aliphatic carbocycles. The highest BCUT2D eigenvalue weighted by Gasteiger charge is 2.32. The van der Waals surface area contributed by atoms with Gasteiger partial charge < -0.3 is 9.30 Å². The molecule has 5 nitrogen and oxygen atoms in total. The fourth-order valence-electron chi connectivity index (χ4n) is 1.48. The van der Waals surface area contributed by atoms with E-state index < -0.39 is 24.7 Å². The van der Waals surface area contributed by atoms with E-state index in [4.69, 9.17) is 0 Å². The predicted molar refractivity (Wildman–Crippen MR) is 56.7 cm³/mol. The lowest BCUT2D eigenvalue weighted by Crippen LogP contribution is -2.37. The van der Waals surface area contributed by atoms with E-state index in [2.05, 4.69) is 15.0 Å². The van der Waals surface area contributed by atoms with Crippen LogP contribution in [0.4, 0.5) is 13.2 Å². The smallest absolute Gasteiger partial charge is 0.401 e. The molecule has 1 aromatic rings. The zero-order chi connectivity index (χ0) is 13.8. The van der Waals surface area contributed by atoms with Gasteiger partial charge in [-0.25, -0.2) is 9.78 Å². The van der Waals surface area contributed by atoms with Gasteiger partial charge in [-0.2, -0.15) is 13.2 Å².